The van der Waals surface area contributed by atoms with Crippen LogP contribution in [0, 0.1) is 5.92 Å². The van der Waals surface area contributed by atoms with Gasteiger partial charge in [-0.05, 0) is 42.5 Å². The van der Waals surface area contributed by atoms with E-state index in [4.69, 9.17) is 0 Å². The molecule has 2 amide bonds. The van der Waals surface area contributed by atoms with Crippen LogP contribution in [0.2, 0.25) is 0 Å². The number of carbonyl (C=O) groups excluding carboxylic acids is 2. The van der Waals surface area contributed by atoms with Gasteiger partial charge in [0.2, 0.25) is 11.8 Å². The van der Waals surface area contributed by atoms with Crippen LogP contribution in [-0.2, 0) is 15.8 Å². The summed E-state index contributed by atoms with van der Waals surface area (Å²) in [5.41, 5.74) is -0.110. The van der Waals surface area contributed by atoms with Crippen molar-refractivity contribution in [1.82, 2.24) is 0 Å². The molecule has 4 nitrogen and oxygen atoms in total. The van der Waals surface area contributed by atoms with Crippen molar-refractivity contribution in [2.24, 2.45) is 5.92 Å². The first-order valence-electron chi connectivity index (χ1n) is 7.78. The lowest BCUT2D eigenvalue weighted by molar-refractivity contribution is -0.137. The van der Waals surface area contributed by atoms with Crippen LogP contribution in [0.1, 0.15) is 12.0 Å². The molecule has 0 bridgehead atoms. The lowest BCUT2D eigenvalue weighted by Gasteiger charge is -2.17. The molecule has 3 rings (SSSR count). The van der Waals surface area contributed by atoms with Crippen LogP contribution in [0.3, 0.4) is 0 Å². The van der Waals surface area contributed by atoms with Gasteiger partial charge in [-0.3, -0.25) is 9.59 Å². The third-order valence-electron chi connectivity index (χ3n) is 4.09. The highest BCUT2D eigenvalue weighted by atomic mass is 79.9. The summed E-state index contributed by atoms with van der Waals surface area (Å²) in [6.45, 7) is 0.186. The number of hydrogen-bond acceptors (Lipinski definition) is 2. The van der Waals surface area contributed by atoms with Gasteiger partial charge in [-0.25, -0.2) is 0 Å². The minimum Gasteiger partial charge on any atom is -0.326 e. The fourth-order valence-corrected chi connectivity index (χ4v) is 3.04. The molecule has 1 N–H and O–H groups in total. The van der Waals surface area contributed by atoms with E-state index in [1.54, 1.807) is 24.3 Å². The van der Waals surface area contributed by atoms with Crippen molar-refractivity contribution in [3.8, 4) is 0 Å². The van der Waals surface area contributed by atoms with Crippen molar-refractivity contribution >= 4 is 39.1 Å². The zero-order chi connectivity index (χ0) is 18.9. The summed E-state index contributed by atoms with van der Waals surface area (Å²) in [6.07, 6.45) is -4.47. The molecule has 2 aromatic carbocycles. The largest absolute Gasteiger partial charge is 0.416 e. The Morgan fingerprint density at radius 3 is 2.50 bits per heavy atom. The molecule has 0 radical (unpaired) electrons. The molecule has 1 unspecified atom stereocenters. The average Bonchev–Trinajstić information content (AvgIpc) is 2.97. The second-order valence-electron chi connectivity index (χ2n) is 5.95. The van der Waals surface area contributed by atoms with Crippen LogP contribution in [0.5, 0.6) is 0 Å². The molecule has 0 spiro atoms. The molecule has 1 fully saturated rings. The molecule has 136 valence electrons. The molecule has 1 aliphatic rings. The van der Waals surface area contributed by atoms with Gasteiger partial charge < -0.3 is 10.2 Å². The standard InChI is InChI=1S/C18H14BrF3N2O2/c19-13-4-6-15(7-5-13)24-10-11(8-16(24)25)17(26)23-14-3-1-2-12(9-14)18(20,21)22/h1-7,9,11H,8,10H2,(H,23,26). The van der Waals surface area contributed by atoms with E-state index < -0.39 is 23.6 Å². The molecule has 1 aliphatic heterocycles. The zero-order valence-corrected chi connectivity index (χ0v) is 15.0. The Balaban J connectivity index is 1.70. The number of hydrogen-bond donors (Lipinski definition) is 1. The second kappa shape index (κ2) is 7.11. The predicted octanol–water partition coefficient (Wildman–Crippen LogP) is 4.46. The van der Waals surface area contributed by atoms with E-state index in [0.29, 0.717) is 5.69 Å². The average molecular weight is 427 g/mol. The van der Waals surface area contributed by atoms with Crippen LogP contribution >= 0.6 is 15.9 Å². The van der Waals surface area contributed by atoms with Gasteiger partial charge in [0.25, 0.3) is 0 Å². The zero-order valence-electron chi connectivity index (χ0n) is 13.4. The molecule has 0 saturated carbocycles. The van der Waals surface area contributed by atoms with Gasteiger partial charge in [0.05, 0.1) is 11.5 Å². The number of nitrogens with zero attached hydrogens (tertiary/aromatic N) is 1. The third-order valence-corrected chi connectivity index (χ3v) is 4.62. The summed E-state index contributed by atoms with van der Waals surface area (Å²) in [5, 5.41) is 2.47. The van der Waals surface area contributed by atoms with Crippen molar-refractivity contribution < 1.29 is 22.8 Å². The summed E-state index contributed by atoms with van der Waals surface area (Å²) < 4.78 is 39.1. The number of anilines is 2. The Morgan fingerprint density at radius 2 is 1.85 bits per heavy atom. The number of rotatable bonds is 3. The van der Waals surface area contributed by atoms with E-state index in [-0.39, 0.29) is 24.6 Å². The van der Waals surface area contributed by atoms with E-state index >= 15 is 0 Å². The normalized spacial score (nSPS) is 17.5. The Bertz CT molecular complexity index is 837. The van der Waals surface area contributed by atoms with Crippen LogP contribution < -0.4 is 10.2 Å². The number of halogens is 4. The molecular weight excluding hydrogens is 413 g/mol. The van der Waals surface area contributed by atoms with Gasteiger partial charge in [-0.15, -0.1) is 0 Å². The van der Waals surface area contributed by atoms with Crippen LogP contribution in [0.25, 0.3) is 0 Å². The Kier molecular flexibility index (Phi) is 5.04. The number of carbonyl (C=O) groups is 2. The maximum absolute atomic E-state index is 12.8. The lowest BCUT2D eigenvalue weighted by atomic mass is 10.1. The minimum absolute atomic E-state index is 0.0147. The first-order valence-corrected chi connectivity index (χ1v) is 8.57. The molecule has 8 heteroatoms. The number of nitrogens with one attached hydrogen (secondary N) is 1. The summed E-state index contributed by atoms with van der Waals surface area (Å²) in [5.74, 6) is -1.30. The molecular formula is C18H14BrF3N2O2. The van der Waals surface area contributed by atoms with Gasteiger partial charge in [0.1, 0.15) is 0 Å². The van der Waals surface area contributed by atoms with Gasteiger partial charge in [0.15, 0.2) is 0 Å². The molecule has 1 saturated heterocycles. The van der Waals surface area contributed by atoms with Crippen molar-refractivity contribution in [3.05, 3.63) is 58.6 Å². The van der Waals surface area contributed by atoms with E-state index in [2.05, 4.69) is 21.2 Å². The quantitative estimate of drug-likeness (QED) is 0.787. The van der Waals surface area contributed by atoms with Gasteiger partial charge in [-0.1, -0.05) is 22.0 Å². The van der Waals surface area contributed by atoms with Crippen LogP contribution in [0.15, 0.2) is 53.0 Å². The summed E-state index contributed by atoms with van der Waals surface area (Å²) in [6, 6.07) is 11.5. The van der Waals surface area contributed by atoms with Crippen molar-refractivity contribution in [2.75, 3.05) is 16.8 Å². The molecule has 0 aromatic heterocycles. The van der Waals surface area contributed by atoms with E-state index in [9.17, 15) is 22.8 Å². The molecule has 26 heavy (non-hydrogen) atoms. The lowest BCUT2D eigenvalue weighted by Crippen LogP contribution is -2.28. The van der Waals surface area contributed by atoms with Crippen LogP contribution in [-0.4, -0.2) is 18.4 Å². The van der Waals surface area contributed by atoms with E-state index in [1.165, 1.54) is 17.0 Å². The monoisotopic (exact) mass is 426 g/mol. The van der Waals surface area contributed by atoms with Crippen LogP contribution in [0.4, 0.5) is 24.5 Å². The summed E-state index contributed by atoms with van der Waals surface area (Å²) in [4.78, 5) is 26.1. The Labute approximate surface area is 156 Å². The summed E-state index contributed by atoms with van der Waals surface area (Å²) in [7, 11) is 0. The number of amides is 2. The smallest absolute Gasteiger partial charge is 0.326 e. The second-order valence-corrected chi connectivity index (χ2v) is 6.87. The molecule has 1 atom stereocenters. The van der Waals surface area contributed by atoms with Gasteiger partial charge >= 0.3 is 6.18 Å². The highest BCUT2D eigenvalue weighted by Gasteiger charge is 2.35. The maximum atomic E-state index is 12.8. The van der Waals surface area contributed by atoms with Gasteiger partial charge in [-0.2, -0.15) is 13.2 Å². The SMILES string of the molecule is O=C(Nc1cccc(C(F)(F)F)c1)C1CC(=O)N(c2ccc(Br)cc2)C1. The Hall–Kier alpha value is -2.35. The predicted molar refractivity (Wildman–Crippen MR) is 94.7 cm³/mol. The maximum Gasteiger partial charge on any atom is 0.416 e. The number of benzene rings is 2. The topological polar surface area (TPSA) is 49.4 Å². The third kappa shape index (κ3) is 4.07. The fourth-order valence-electron chi connectivity index (χ4n) is 2.77. The van der Waals surface area contributed by atoms with Gasteiger partial charge in [0, 0.05) is 28.8 Å². The van der Waals surface area contributed by atoms with E-state index in [1.807, 2.05) is 0 Å². The first kappa shape index (κ1) is 18.4. The fraction of sp³-hybridized carbons (Fsp3) is 0.222. The van der Waals surface area contributed by atoms with E-state index in [0.717, 1.165) is 16.6 Å². The molecule has 0 aliphatic carbocycles. The highest BCUT2D eigenvalue weighted by Crippen LogP contribution is 2.31. The minimum atomic E-state index is -4.48. The highest BCUT2D eigenvalue weighted by molar-refractivity contribution is 9.10. The van der Waals surface area contributed by atoms with Crippen molar-refractivity contribution in [3.63, 3.8) is 0 Å². The summed E-state index contributed by atoms with van der Waals surface area (Å²) >= 11 is 3.31. The van der Waals surface area contributed by atoms with Crippen molar-refractivity contribution in [2.45, 2.75) is 12.6 Å². The van der Waals surface area contributed by atoms with Crippen molar-refractivity contribution in [1.29, 1.82) is 0 Å². The first-order chi connectivity index (χ1) is 12.2. The Morgan fingerprint density at radius 1 is 1.15 bits per heavy atom. The molecule has 1 heterocycles. The number of alkyl halides is 3. The molecule has 2 aromatic rings.